The van der Waals surface area contributed by atoms with E-state index >= 15 is 0 Å². The van der Waals surface area contributed by atoms with Crippen LogP contribution in [-0.2, 0) is 0 Å². The summed E-state index contributed by atoms with van der Waals surface area (Å²) in [5.41, 5.74) is 9.80. The van der Waals surface area contributed by atoms with Crippen LogP contribution in [0.25, 0.3) is 22.3 Å². The molecule has 156 valence electrons. The third-order valence-electron chi connectivity index (χ3n) is 5.45. The van der Waals surface area contributed by atoms with Crippen molar-refractivity contribution >= 4 is 28.5 Å². The topological polar surface area (TPSA) is 71.2 Å². The number of benzene rings is 2. The number of piperazine rings is 1. The number of aromatic nitrogens is 3. The lowest BCUT2D eigenvalue weighted by atomic mass is 10.1. The first-order valence-electron chi connectivity index (χ1n) is 10.0. The molecule has 0 atom stereocenters. The van der Waals surface area contributed by atoms with Gasteiger partial charge in [0, 0.05) is 37.4 Å². The number of pyridine rings is 1. The summed E-state index contributed by atoms with van der Waals surface area (Å²) in [6, 6.07) is 16.5. The molecule has 1 saturated heterocycles. The standard InChI is InChI=1S/C23H20F2N6/c24-16-3-1-15(2-4-16)19-9-10-20-21(27-19)22(29-23(26)28-20)31-13-11-30(12-14-31)18-7-5-17(25)6-8-18/h1-10H,11-14H2,(H2,26,28,29). The average molecular weight is 418 g/mol. The lowest BCUT2D eigenvalue weighted by molar-refractivity contribution is 0.624. The van der Waals surface area contributed by atoms with E-state index in [4.69, 9.17) is 10.7 Å². The van der Waals surface area contributed by atoms with Gasteiger partial charge in [-0.25, -0.2) is 18.7 Å². The third kappa shape index (κ3) is 3.84. The van der Waals surface area contributed by atoms with Gasteiger partial charge in [0.15, 0.2) is 5.82 Å². The highest BCUT2D eigenvalue weighted by molar-refractivity contribution is 5.88. The van der Waals surface area contributed by atoms with Gasteiger partial charge in [-0.3, -0.25) is 0 Å². The van der Waals surface area contributed by atoms with Crippen molar-refractivity contribution in [1.29, 1.82) is 0 Å². The molecule has 8 heteroatoms. The molecule has 1 aliphatic heterocycles. The molecule has 3 heterocycles. The number of rotatable bonds is 3. The summed E-state index contributed by atoms with van der Waals surface area (Å²) >= 11 is 0. The number of nitrogens with two attached hydrogens (primary N) is 1. The van der Waals surface area contributed by atoms with Crippen molar-refractivity contribution in [2.24, 2.45) is 0 Å². The summed E-state index contributed by atoms with van der Waals surface area (Å²) in [6.07, 6.45) is 0. The van der Waals surface area contributed by atoms with E-state index in [1.807, 2.05) is 12.1 Å². The third-order valence-corrected chi connectivity index (χ3v) is 5.45. The van der Waals surface area contributed by atoms with Gasteiger partial charge in [0.25, 0.3) is 0 Å². The molecule has 0 spiro atoms. The number of nitrogen functional groups attached to an aromatic ring is 1. The van der Waals surface area contributed by atoms with Gasteiger partial charge < -0.3 is 15.5 Å². The first kappa shape index (κ1) is 19.2. The van der Waals surface area contributed by atoms with Crippen LogP contribution in [0.15, 0.2) is 60.7 Å². The Labute approximate surface area is 178 Å². The Morgan fingerprint density at radius 3 is 1.97 bits per heavy atom. The van der Waals surface area contributed by atoms with Crippen LogP contribution in [-0.4, -0.2) is 41.1 Å². The monoisotopic (exact) mass is 418 g/mol. The second-order valence-corrected chi connectivity index (χ2v) is 7.43. The second-order valence-electron chi connectivity index (χ2n) is 7.43. The Hall–Kier alpha value is -3.81. The molecule has 1 aliphatic rings. The van der Waals surface area contributed by atoms with Crippen LogP contribution >= 0.6 is 0 Å². The molecule has 1 fully saturated rings. The minimum absolute atomic E-state index is 0.194. The van der Waals surface area contributed by atoms with Gasteiger partial charge in [0.1, 0.15) is 17.2 Å². The van der Waals surface area contributed by atoms with Gasteiger partial charge in [0.2, 0.25) is 5.95 Å². The fourth-order valence-corrected chi connectivity index (χ4v) is 3.85. The van der Waals surface area contributed by atoms with E-state index in [0.717, 1.165) is 24.3 Å². The van der Waals surface area contributed by atoms with Gasteiger partial charge in [-0.15, -0.1) is 0 Å². The summed E-state index contributed by atoms with van der Waals surface area (Å²) in [7, 11) is 0. The van der Waals surface area contributed by atoms with Crippen LogP contribution in [0.5, 0.6) is 0 Å². The van der Waals surface area contributed by atoms with E-state index in [1.165, 1.54) is 24.3 Å². The highest BCUT2D eigenvalue weighted by Crippen LogP contribution is 2.28. The number of hydrogen-bond donors (Lipinski definition) is 1. The zero-order valence-electron chi connectivity index (χ0n) is 16.7. The van der Waals surface area contributed by atoms with E-state index in [2.05, 4.69) is 19.8 Å². The van der Waals surface area contributed by atoms with Crippen LogP contribution < -0.4 is 15.5 Å². The number of halogens is 2. The maximum Gasteiger partial charge on any atom is 0.222 e. The maximum atomic E-state index is 13.3. The zero-order chi connectivity index (χ0) is 21.4. The van der Waals surface area contributed by atoms with Gasteiger partial charge in [-0.1, -0.05) is 0 Å². The maximum absolute atomic E-state index is 13.3. The molecule has 2 N–H and O–H groups in total. The average Bonchev–Trinajstić information content (AvgIpc) is 2.79. The molecule has 0 saturated carbocycles. The number of fused-ring (bicyclic) bond motifs is 1. The molecule has 2 aromatic carbocycles. The van der Waals surface area contributed by atoms with Crippen LogP contribution in [0, 0.1) is 11.6 Å². The predicted molar refractivity (Wildman–Crippen MR) is 118 cm³/mol. The molecular weight excluding hydrogens is 398 g/mol. The van der Waals surface area contributed by atoms with Gasteiger partial charge >= 0.3 is 0 Å². The fourth-order valence-electron chi connectivity index (χ4n) is 3.85. The lowest BCUT2D eigenvalue weighted by Gasteiger charge is -2.37. The molecule has 5 rings (SSSR count). The molecule has 2 aromatic heterocycles. The Kier molecular flexibility index (Phi) is 4.82. The Balaban J connectivity index is 1.45. The van der Waals surface area contributed by atoms with E-state index in [1.54, 1.807) is 24.3 Å². The Morgan fingerprint density at radius 1 is 0.677 bits per heavy atom. The van der Waals surface area contributed by atoms with E-state index in [0.29, 0.717) is 35.6 Å². The fraction of sp³-hybridized carbons (Fsp3) is 0.174. The summed E-state index contributed by atoms with van der Waals surface area (Å²) in [6.45, 7) is 2.94. The van der Waals surface area contributed by atoms with Crippen molar-refractivity contribution < 1.29 is 8.78 Å². The quantitative estimate of drug-likeness (QED) is 0.545. The lowest BCUT2D eigenvalue weighted by Crippen LogP contribution is -2.47. The van der Waals surface area contributed by atoms with Crippen molar-refractivity contribution in [3.63, 3.8) is 0 Å². The van der Waals surface area contributed by atoms with Crippen molar-refractivity contribution in [2.45, 2.75) is 0 Å². The highest BCUT2D eigenvalue weighted by Gasteiger charge is 2.22. The summed E-state index contributed by atoms with van der Waals surface area (Å²) in [4.78, 5) is 17.9. The predicted octanol–water partition coefficient (Wildman–Crippen LogP) is 3.88. The van der Waals surface area contributed by atoms with Crippen LogP contribution in [0.3, 0.4) is 0 Å². The van der Waals surface area contributed by atoms with Crippen molar-refractivity contribution in [1.82, 2.24) is 15.0 Å². The van der Waals surface area contributed by atoms with Gasteiger partial charge in [0.05, 0.1) is 11.2 Å². The number of hydrogen-bond acceptors (Lipinski definition) is 6. The summed E-state index contributed by atoms with van der Waals surface area (Å²) in [5, 5.41) is 0. The van der Waals surface area contributed by atoms with Crippen LogP contribution in [0.1, 0.15) is 0 Å². The minimum Gasteiger partial charge on any atom is -0.368 e. The normalized spacial score (nSPS) is 14.3. The number of anilines is 3. The molecule has 4 aromatic rings. The van der Waals surface area contributed by atoms with Crippen LogP contribution in [0.4, 0.5) is 26.2 Å². The smallest absolute Gasteiger partial charge is 0.222 e. The zero-order valence-corrected chi connectivity index (χ0v) is 16.7. The van der Waals surface area contributed by atoms with Crippen molar-refractivity contribution in [3.05, 3.63) is 72.3 Å². The molecule has 0 unspecified atom stereocenters. The molecule has 0 bridgehead atoms. The first-order valence-corrected chi connectivity index (χ1v) is 10.0. The molecule has 0 radical (unpaired) electrons. The van der Waals surface area contributed by atoms with Gasteiger partial charge in [-0.2, -0.15) is 4.98 Å². The first-order chi connectivity index (χ1) is 15.1. The van der Waals surface area contributed by atoms with Gasteiger partial charge in [-0.05, 0) is 60.7 Å². The van der Waals surface area contributed by atoms with E-state index in [9.17, 15) is 8.78 Å². The molecule has 31 heavy (non-hydrogen) atoms. The number of nitrogens with zero attached hydrogens (tertiary/aromatic N) is 5. The summed E-state index contributed by atoms with van der Waals surface area (Å²) < 4.78 is 26.5. The Morgan fingerprint density at radius 2 is 1.29 bits per heavy atom. The summed E-state index contributed by atoms with van der Waals surface area (Å²) in [5.74, 6) is 0.346. The molecule has 0 amide bonds. The Bertz CT molecular complexity index is 1220. The largest absolute Gasteiger partial charge is 0.368 e. The van der Waals surface area contributed by atoms with Crippen molar-refractivity contribution in [2.75, 3.05) is 41.7 Å². The van der Waals surface area contributed by atoms with E-state index < -0.39 is 0 Å². The van der Waals surface area contributed by atoms with Crippen molar-refractivity contribution in [3.8, 4) is 11.3 Å². The van der Waals surface area contributed by atoms with E-state index in [-0.39, 0.29) is 17.6 Å². The highest BCUT2D eigenvalue weighted by atomic mass is 19.1. The second kappa shape index (κ2) is 7.79. The minimum atomic E-state index is -0.291. The SMILES string of the molecule is Nc1nc(N2CCN(c3ccc(F)cc3)CC2)c2nc(-c3ccc(F)cc3)ccc2n1. The van der Waals surface area contributed by atoms with Crippen LogP contribution in [0.2, 0.25) is 0 Å². The molecular formula is C23H20F2N6. The molecule has 0 aliphatic carbocycles. The molecule has 6 nitrogen and oxygen atoms in total.